The molecule has 0 radical (unpaired) electrons. The molecular weight excluding hydrogens is 773 g/mol. The minimum Gasteiger partial charge on any atom is -0.870 e. The van der Waals surface area contributed by atoms with Crippen molar-refractivity contribution >= 4 is 86.6 Å². The molecule has 6 aromatic rings. The van der Waals surface area contributed by atoms with Crippen LogP contribution in [0, 0.1) is 0 Å². The first kappa shape index (κ1) is 42.8. The Hall–Kier alpha value is -4.63. The van der Waals surface area contributed by atoms with Crippen LogP contribution in [-0.4, -0.2) is 69.9 Å². The van der Waals surface area contributed by atoms with Crippen LogP contribution in [0.5, 0.6) is 0 Å². The molecule has 0 saturated carbocycles. The summed E-state index contributed by atoms with van der Waals surface area (Å²) < 4.78 is 10.2. The molecular formula is C32H27Cl4LiN8O8. The molecule has 0 bridgehead atoms. The number of aromatic nitrogens is 6. The third kappa shape index (κ3) is 10.9. The zero-order valence-corrected chi connectivity index (χ0v) is 30.8. The minimum absolute atomic E-state index is 0. The number of ether oxygens (including phenoxy) is 1. The zero-order valence-electron chi connectivity index (χ0n) is 27.8. The minimum atomic E-state index is -0.638. The Balaban J connectivity index is 0.000000277. The maximum Gasteiger partial charge on any atom is 1.00 e. The van der Waals surface area contributed by atoms with Crippen LogP contribution in [0.25, 0.3) is 11.0 Å². The molecule has 4 aromatic heterocycles. The molecule has 16 nitrogen and oxygen atoms in total. The van der Waals surface area contributed by atoms with Gasteiger partial charge in [-0.05, 0) is 47.5 Å². The van der Waals surface area contributed by atoms with Gasteiger partial charge in [0.1, 0.15) is 30.3 Å². The summed E-state index contributed by atoms with van der Waals surface area (Å²) >= 11 is 23.8. The molecule has 0 atom stereocenters. The number of hydrogen-bond acceptors (Lipinski definition) is 10. The zero-order chi connectivity index (χ0) is 36.8. The number of aliphatic hydroxyl groups excluding tert-OH is 1. The quantitative estimate of drug-likeness (QED) is 0.139. The number of anilines is 2. The van der Waals surface area contributed by atoms with Crippen LogP contribution in [0.2, 0.25) is 20.1 Å². The number of benzene rings is 2. The topological polar surface area (TPSA) is 213 Å². The predicted octanol–water partition coefficient (Wildman–Crippen LogP) is 0.962. The second kappa shape index (κ2) is 18.9. The molecule has 21 heteroatoms. The Morgan fingerprint density at radius 3 is 1.55 bits per heavy atom. The first-order valence-corrected chi connectivity index (χ1v) is 16.2. The van der Waals surface area contributed by atoms with Crippen molar-refractivity contribution in [2.24, 2.45) is 0 Å². The van der Waals surface area contributed by atoms with Crippen molar-refractivity contribution in [2.45, 2.75) is 20.0 Å². The number of halogens is 4. The van der Waals surface area contributed by atoms with Gasteiger partial charge in [-0.3, -0.25) is 33.1 Å². The molecule has 272 valence electrons. The van der Waals surface area contributed by atoms with Gasteiger partial charge in [0.15, 0.2) is 6.61 Å². The van der Waals surface area contributed by atoms with Crippen molar-refractivity contribution in [1.82, 2.24) is 28.4 Å². The summed E-state index contributed by atoms with van der Waals surface area (Å²) in [6, 6.07) is 13.2. The Labute approximate surface area is 331 Å². The van der Waals surface area contributed by atoms with E-state index in [9.17, 15) is 24.0 Å². The van der Waals surface area contributed by atoms with E-state index in [2.05, 4.69) is 25.6 Å². The second-order valence-corrected chi connectivity index (χ2v) is 12.4. The maximum atomic E-state index is 12.7. The van der Waals surface area contributed by atoms with Crippen molar-refractivity contribution in [2.75, 3.05) is 23.8 Å². The molecule has 0 aliphatic heterocycles. The van der Waals surface area contributed by atoms with Crippen molar-refractivity contribution in [3.05, 3.63) is 126 Å². The molecule has 2 aromatic carbocycles. The SMILES string of the molecule is CC(=O)OCC(=O)Nc1cc2c(=O)n(Cc3ccc(Cl)c(Cl)c3)cnn2c1.O=C(CO)Nc1cc2c(=O)n(Cc3ccc(Cl)c(Cl)c3)cnn2c1.[Li+].[OH-]. The molecule has 2 amide bonds. The summed E-state index contributed by atoms with van der Waals surface area (Å²) in [6.45, 7) is 0.708. The Kier molecular flexibility index (Phi) is 15.3. The fourth-order valence-corrected chi connectivity index (χ4v) is 5.29. The Morgan fingerprint density at radius 1 is 0.717 bits per heavy atom. The van der Waals surface area contributed by atoms with E-state index in [0.717, 1.165) is 11.1 Å². The molecule has 0 fully saturated rings. The largest absolute Gasteiger partial charge is 1.00 e. The van der Waals surface area contributed by atoms with Crippen LogP contribution in [0.3, 0.4) is 0 Å². The van der Waals surface area contributed by atoms with E-state index >= 15 is 0 Å². The van der Waals surface area contributed by atoms with Gasteiger partial charge in [-0.2, -0.15) is 10.2 Å². The molecule has 0 aliphatic rings. The summed E-state index contributed by atoms with van der Waals surface area (Å²) in [6.07, 6.45) is 5.78. The normalized spacial score (nSPS) is 10.5. The molecule has 0 saturated heterocycles. The van der Waals surface area contributed by atoms with Crippen LogP contribution < -0.4 is 40.6 Å². The number of carbonyl (C=O) groups excluding carboxylic acids is 3. The van der Waals surface area contributed by atoms with Gasteiger partial charge in [0, 0.05) is 6.92 Å². The third-order valence-electron chi connectivity index (χ3n) is 6.98. The molecule has 0 aliphatic carbocycles. The number of rotatable bonds is 9. The number of nitrogens with one attached hydrogen (secondary N) is 2. The molecule has 4 N–H and O–H groups in total. The first-order chi connectivity index (χ1) is 24.3. The fourth-order valence-electron chi connectivity index (χ4n) is 4.65. The van der Waals surface area contributed by atoms with Crippen LogP contribution >= 0.6 is 46.4 Å². The van der Waals surface area contributed by atoms with Gasteiger partial charge in [-0.1, -0.05) is 58.5 Å². The Bertz CT molecular complexity index is 2410. The van der Waals surface area contributed by atoms with E-state index < -0.39 is 31.0 Å². The number of esters is 1. The van der Waals surface area contributed by atoms with Crippen molar-refractivity contribution in [1.29, 1.82) is 0 Å². The predicted molar refractivity (Wildman–Crippen MR) is 193 cm³/mol. The molecule has 0 unspecified atom stereocenters. The van der Waals surface area contributed by atoms with Crippen LogP contribution in [-0.2, 0) is 32.2 Å². The summed E-state index contributed by atoms with van der Waals surface area (Å²) in [4.78, 5) is 58.9. The summed E-state index contributed by atoms with van der Waals surface area (Å²) in [7, 11) is 0. The van der Waals surface area contributed by atoms with Crippen LogP contribution in [0.15, 0.2) is 83.2 Å². The van der Waals surface area contributed by atoms with Gasteiger partial charge in [-0.25, -0.2) is 9.03 Å². The van der Waals surface area contributed by atoms with Crippen molar-refractivity contribution in [3.8, 4) is 0 Å². The molecule has 6 rings (SSSR count). The van der Waals surface area contributed by atoms with Gasteiger partial charge in [0.05, 0.1) is 56.9 Å². The molecule has 4 heterocycles. The van der Waals surface area contributed by atoms with E-state index in [4.69, 9.17) is 51.5 Å². The Morgan fingerprint density at radius 2 is 1.15 bits per heavy atom. The van der Waals surface area contributed by atoms with E-state index in [0.29, 0.717) is 37.0 Å². The molecule has 53 heavy (non-hydrogen) atoms. The first-order valence-electron chi connectivity index (χ1n) is 14.7. The number of nitrogens with zero attached hydrogens (tertiary/aromatic N) is 6. The number of amides is 2. The van der Waals surface area contributed by atoms with Gasteiger partial charge in [0.2, 0.25) is 5.91 Å². The van der Waals surface area contributed by atoms with Crippen molar-refractivity contribution < 1.29 is 48.6 Å². The monoisotopic (exact) mass is 798 g/mol. The van der Waals surface area contributed by atoms with E-state index in [1.165, 1.54) is 62.3 Å². The van der Waals surface area contributed by atoms with E-state index in [1.807, 2.05) is 0 Å². The number of carbonyl (C=O) groups is 3. The van der Waals surface area contributed by atoms with Crippen LogP contribution in [0.1, 0.15) is 18.1 Å². The number of aliphatic hydroxyl groups is 1. The van der Waals surface area contributed by atoms with Gasteiger partial charge in [0.25, 0.3) is 17.0 Å². The number of hydrogen-bond donors (Lipinski definition) is 3. The standard InChI is InChI=1S/C17H14Cl2N4O4.C15H12Cl2N4O3.Li.H2O/c1-10(24)27-8-16(25)21-12-5-15-17(26)22(9-20-23(15)7-12)6-11-2-3-13(18)14(19)4-11;16-11-2-1-9(3-12(11)17)5-20-8-18-21-6-10(19-14(23)7-22)4-13(21)15(20)24;;/h2-5,7,9H,6,8H2,1H3,(H,21,25);1-4,6,8,22H,5,7H2,(H,19,23);;1H2/q;;+1;/p-1. The van der Waals surface area contributed by atoms with Crippen molar-refractivity contribution in [3.63, 3.8) is 0 Å². The summed E-state index contributed by atoms with van der Waals surface area (Å²) in [5, 5.41) is 23.7. The second-order valence-electron chi connectivity index (χ2n) is 10.8. The number of fused-ring (bicyclic) bond motifs is 2. The average Bonchev–Trinajstić information content (AvgIpc) is 3.70. The smallest absolute Gasteiger partial charge is 0.870 e. The van der Waals surface area contributed by atoms with E-state index in [1.54, 1.807) is 36.4 Å². The van der Waals surface area contributed by atoms with Crippen LogP contribution in [0.4, 0.5) is 11.4 Å². The molecule has 0 spiro atoms. The van der Waals surface area contributed by atoms with Gasteiger partial charge >= 0.3 is 24.8 Å². The maximum absolute atomic E-state index is 12.7. The fraction of sp³-hybridized carbons (Fsp3) is 0.156. The van der Waals surface area contributed by atoms with E-state index in [-0.39, 0.29) is 54.1 Å². The summed E-state index contributed by atoms with van der Waals surface area (Å²) in [5.41, 5.74) is 2.34. The van der Waals surface area contributed by atoms with Gasteiger partial charge in [-0.15, -0.1) is 0 Å². The third-order valence-corrected chi connectivity index (χ3v) is 8.46. The average molecular weight is 800 g/mol. The summed E-state index contributed by atoms with van der Waals surface area (Å²) in [5.74, 6) is -1.64. The van der Waals surface area contributed by atoms with Gasteiger partial charge < -0.3 is 26.0 Å².